The highest BCUT2D eigenvalue weighted by Crippen LogP contribution is 2.38. The number of benzene rings is 6. The summed E-state index contributed by atoms with van der Waals surface area (Å²) in [6.45, 7) is 0. The summed E-state index contributed by atoms with van der Waals surface area (Å²) in [5.74, 6) is 1.51. The zero-order valence-corrected chi connectivity index (χ0v) is 22.5. The molecule has 0 saturated carbocycles. The van der Waals surface area contributed by atoms with Gasteiger partial charge in [0.1, 0.15) is 11.3 Å². The molecular weight excluding hydrogens is 514 g/mol. The second-order valence-corrected chi connectivity index (χ2v) is 10.7. The van der Waals surface area contributed by atoms with Gasteiger partial charge in [-0.3, -0.25) is 4.57 Å². The van der Waals surface area contributed by atoms with Gasteiger partial charge in [-0.15, -0.1) is 0 Å². The highest BCUT2D eigenvalue weighted by atomic mass is 16.3. The van der Waals surface area contributed by atoms with Gasteiger partial charge in [0.2, 0.25) is 5.95 Å². The highest BCUT2D eigenvalue weighted by molar-refractivity contribution is 6.12. The van der Waals surface area contributed by atoms with Crippen LogP contribution in [0.3, 0.4) is 0 Å². The van der Waals surface area contributed by atoms with E-state index < -0.39 is 0 Å². The maximum atomic E-state index is 6.23. The van der Waals surface area contributed by atoms with E-state index in [4.69, 9.17) is 14.4 Å². The van der Waals surface area contributed by atoms with E-state index in [0.717, 1.165) is 77.0 Å². The molecule has 0 saturated heterocycles. The summed E-state index contributed by atoms with van der Waals surface area (Å²) in [6, 6.07) is 48.4. The number of fused-ring (bicyclic) bond motifs is 7. The van der Waals surface area contributed by atoms with E-state index in [1.807, 2.05) is 24.3 Å². The summed E-state index contributed by atoms with van der Waals surface area (Å²) in [5, 5.41) is 6.69. The summed E-state index contributed by atoms with van der Waals surface area (Å²) in [5.41, 5.74) is 6.97. The third-order valence-electron chi connectivity index (χ3n) is 8.21. The predicted octanol–water partition coefficient (Wildman–Crippen LogP) is 9.96. The molecule has 42 heavy (non-hydrogen) atoms. The molecule has 0 aliphatic heterocycles. The Kier molecular flexibility index (Phi) is 4.87. The third-order valence-corrected chi connectivity index (χ3v) is 8.21. The van der Waals surface area contributed by atoms with Crippen molar-refractivity contribution in [3.05, 3.63) is 140 Å². The minimum Gasteiger partial charge on any atom is -0.456 e. The molecule has 9 aromatic rings. The van der Waals surface area contributed by atoms with Crippen molar-refractivity contribution in [2.75, 3.05) is 0 Å². The third kappa shape index (κ3) is 3.42. The Morgan fingerprint density at radius 1 is 0.476 bits per heavy atom. The second kappa shape index (κ2) is 8.88. The molecule has 6 aromatic carbocycles. The Hall–Kier alpha value is -5.74. The fourth-order valence-corrected chi connectivity index (χ4v) is 6.23. The Labute approximate surface area is 241 Å². The van der Waals surface area contributed by atoms with Gasteiger partial charge in [0.15, 0.2) is 0 Å². The number of para-hydroxylation sites is 2. The first-order chi connectivity index (χ1) is 20.8. The maximum Gasteiger partial charge on any atom is 0.235 e. The molecule has 4 heteroatoms. The van der Waals surface area contributed by atoms with Crippen LogP contribution in [-0.2, 0) is 0 Å². The minimum atomic E-state index is 0.653. The summed E-state index contributed by atoms with van der Waals surface area (Å²) in [4.78, 5) is 10.5. The van der Waals surface area contributed by atoms with Gasteiger partial charge in [-0.25, -0.2) is 9.97 Å². The Morgan fingerprint density at radius 3 is 2.10 bits per heavy atom. The molecule has 196 valence electrons. The molecule has 0 aliphatic carbocycles. The first-order valence-electron chi connectivity index (χ1n) is 14.1. The first-order valence-corrected chi connectivity index (χ1v) is 14.1. The van der Waals surface area contributed by atoms with Gasteiger partial charge in [-0.1, -0.05) is 97.1 Å². The highest BCUT2D eigenvalue weighted by Gasteiger charge is 2.19. The maximum absolute atomic E-state index is 6.23. The zero-order chi connectivity index (χ0) is 27.6. The van der Waals surface area contributed by atoms with Crippen LogP contribution in [-0.4, -0.2) is 14.5 Å². The fourth-order valence-electron chi connectivity index (χ4n) is 6.23. The van der Waals surface area contributed by atoms with E-state index >= 15 is 0 Å². The van der Waals surface area contributed by atoms with Crippen molar-refractivity contribution in [3.8, 4) is 28.5 Å². The van der Waals surface area contributed by atoms with Gasteiger partial charge < -0.3 is 4.42 Å². The van der Waals surface area contributed by atoms with Crippen LogP contribution in [0.2, 0.25) is 0 Å². The Morgan fingerprint density at radius 2 is 1.21 bits per heavy atom. The van der Waals surface area contributed by atoms with E-state index in [9.17, 15) is 0 Å². The van der Waals surface area contributed by atoms with Crippen molar-refractivity contribution in [2.24, 2.45) is 0 Å². The summed E-state index contributed by atoms with van der Waals surface area (Å²) >= 11 is 0. The number of hydrogen-bond acceptors (Lipinski definition) is 3. The van der Waals surface area contributed by atoms with Crippen LogP contribution in [0.15, 0.2) is 144 Å². The van der Waals surface area contributed by atoms with Crippen LogP contribution in [0.25, 0.3) is 83.0 Å². The van der Waals surface area contributed by atoms with Crippen LogP contribution >= 0.6 is 0 Å². The van der Waals surface area contributed by atoms with Gasteiger partial charge in [-0.2, -0.15) is 0 Å². The van der Waals surface area contributed by atoms with Crippen LogP contribution < -0.4 is 0 Å². The van der Waals surface area contributed by atoms with E-state index in [-0.39, 0.29) is 0 Å². The number of aromatic nitrogens is 3. The van der Waals surface area contributed by atoms with E-state index in [1.54, 1.807) is 0 Å². The van der Waals surface area contributed by atoms with Crippen molar-refractivity contribution < 1.29 is 4.42 Å². The summed E-state index contributed by atoms with van der Waals surface area (Å²) in [7, 11) is 0. The van der Waals surface area contributed by atoms with Crippen molar-refractivity contribution in [1.29, 1.82) is 0 Å². The predicted molar refractivity (Wildman–Crippen MR) is 172 cm³/mol. The lowest BCUT2D eigenvalue weighted by Gasteiger charge is -2.13. The number of rotatable bonds is 3. The van der Waals surface area contributed by atoms with Gasteiger partial charge in [0.05, 0.1) is 22.2 Å². The summed E-state index contributed by atoms with van der Waals surface area (Å²) in [6.07, 6.45) is 0. The molecule has 0 spiro atoms. The quantitative estimate of drug-likeness (QED) is 0.211. The lowest BCUT2D eigenvalue weighted by molar-refractivity contribution is 0.631. The van der Waals surface area contributed by atoms with E-state index in [2.05, 4.69) is 120 Å². The molecule has 0 unspecified atom stereocenters. The molecule has 9 rings (SSSR count). The van der Waals surface area contributed by atoms with Crippen molar-refractivity contribution in [1.82, 2.24) is 14.5 Å². The van der Waals surface area contributed by atoms with Gasteiger partial charge in [0, 0.05) is 38.1 Å². The molecule has 0 radical (unpaired) electrons. The van der Waals surface area contributed by atoms with Crippen LogP contribution in [0.5, 0.6) is 0 Å². The standard InChI is InChI=1S/C38H23N3O/c1-2-11-25(12-3-1)36-30-20-18-24-10-4-6-14-28(24)37(30)40-38(39-36)41-32-16-8-7-15-29(32)31-22-27(19-21-33(31)41)35-23-26-13-5-9-17-34(26)42-35/h1-23H. The average Bonchev–Trinajstić information content (AvgIpc) is 3.64. The Bertz CT molecular complexity index is 2440. The number of nitrogens with zero attached hydrogens (tertiary/aromatic N) is 3. The minimum absolute atomic E-state index is 0.653. The van der Waals surface area contributed by atoms with Crippen LogP contribution in [0, 0.1) is 0 Å². The Balaban J connectivity index is 1.35. The second-order valence-electron chi connectivity index (χ2n) is 10.7. The van der Waals surface area contributed by atoms with Crippen LogP contribution in [0.1, 0.15) is 0 Å². The zero-order valence-electron chi connectivity index (χ0n) is 22.5. The molecule has 0 aliphatic rings. The topological polar surface area (TPSA) is 43.9 Å². The molecule has 3 aromatic heterocycles. The molecule has 0 bridgehead atoms. The summed E-state index contributed by atoms with van der Waals surface area (Å²) < 4.78 is 8.42. The van der Waals surface area contributed by atoms with Crippen molar-refractivity contribution in [2.45, 2.75) is 0 Å². The van der Waals surface area contributed by atoms with Crippen molar-refractivity contribution in [3.63, 3.8) is 0 Å². The normalized spacial score (nSPS) is 11.8. The lowest BCUT2D eigenvalue weighted by atomic mass is 10.0. The molecule has 4 nitrogen and oxygen atoms in total. The van der Waals surface area contributed by atoms with Crippen LogP contribution in [0.4, 0.5) is 0 Å². The van der Waals surface area contributed by atoms with Gasteiger partial charge >= 0.3 is 0 Å². The smallest absolute Gasteiger partial charge is 0.235 e. The fraction of sp³-hybridized carbons (Fsp3) is 0. The van der Waals surface area contributed by atoms with E-state index in [0.29, 0.717) is 5.95 Å². The molecule has 0 fully saturated rings. The average molecular weight is 538 g/mol. The lowest BCUT2D eigenvalue weighted by Crippen LogP contribution is -2.03. The van der Waals surface area contributed by atoms with Crippen molar-refractivity contribution >= 4 is 54.5 Å². The first kappa shape index (κ1) is 23.0. The number of hydrogen-bond donors (Lipinski definition) is 0. The van der Waals surface area contributed by atoms with E-state index in [1.165, 1.54) is 0 Å². The molecule has 0 N–H and O–H groups in total. The molecule has 0 atom stereocenters. The molecule has 3 heterocycles. The monoisotopic (exact) mass is 537 g/mol. The van der Waals surface area contributed by atoms with Gasteiger partial charge in [0.25, 0.3) is 0 Å². The SMILES string of the molecule is c1ccc(-c2nc(-n3c4ccccc4c4cc(-c5cc6ccccc6o5)ccc43)nc3c2ccc2ccccc23)cc1. The largest absolute Gasteiger partial charge is 0.456 e. The molecular formula is C38H23N3O. The van der Waals surface area contributed by atoms with Gasteiger partial charge in [-0.05, 0) is 47.9 Å². The number of furan rings is 1. The molecule has 0 amide bonds.